The van der Waals surface area contributed by atoms with Gasteiger partial charge in [-0.05, 0) is 29.9 Å². The van der Waals surface area contributed by atoms with Crippen LogP contribution in [0.5, 0.6) is 0 Å². The maximum absolute atomic E-state index is 12.7. The molecule has 11 nitrogen and oxygen atoms in total. The summed E-state index contributed by atoms with van der Waals surface area (Å²) in [6, 6.07) is 10.8. The molecule has 0 aliphatic rings. The fourth-order valence-corrected chi connectivity index (χ4v) is 4.47. The molecule has 1 aromatic carbocycles. The van der Waals surface area contributed by atoms with Crippen LogP contribution in [0, 0.1) is 13.8 Å². The molecule has 0 amide bonds. The molecule has 0 atom stereocenters. The summed E-state index contributed by atoms with van der Waals surface area (Å²) in [7, 11) is 0. The number of nitrogen functional groups attached to an aromatic ring is 1. The number of carbonyl (C=O) groups excluding carboxylic acids is 1. The molecular formula is C19H19N8O3S2+. The van der Waals surface area contributed by atoms with Gasteiger partial charge in [0.2, 0.25) is 16.6 Å². The Balaban J connectivity index is 1.43. The van der Waals surface area contributed by atoms with Crippen molar-refractivity contribution in [2.45, 2.75) is 29.9 Å². The van der Waals surface area contributed by atoms with E-state index in [2.05, 4.69) is 25.4 Å². The van der Waals surface area contributed by atoms with E-state index in [-0.39, 0.29) is 11.4 Å². The fraction of sp³-hybridized carbons (Fsp3) is 0.211. The average molecular weight is 472 g/mol. The molecule has 0 fully saturated rings. The van der Waals surface area contributed by atoms with Crippen molar-refractivity contribution in [1.82, 2.24) is 30.1 Å². The van der Waals surface area contributed by atoms with Gasteiger partial charge in [0.15, 0.2) is 11.0 Å². The highest BCUT2D eigenvalue weighted by atomic mass is 32.2. The summed E-state index contributed by atoms with van der Waals surface area (Å²) in [6.07, 6.45) is 0. The first kappa shape index (κ1) is 21.8. The number of nitrogens with zero attached hydrogens (tertiary/aromatic N) is 6. The maximum Gasteiger partial charge on any atom is 0.438 e. The van der Waals surface area contributed by atoms with E-state index >= 15 is 0 Å². The predicted octanol–water partition coefficient (Wildman–Crippen LogP) is 1.22. The Morgan fingerprint density at radius 2 is 1.88 bits per heavy atom. The monoisotopic (exact) mass is 471 g/mol. The first-order valence-electron chi connectivity index (χ1n) is 9.42. The number of aromatic amines is 1. The molecule has 0 bridgehead atoms. The summed E-state index contributed by atoms with van der Waals surface area (Å²) in [6.45, 7) is 3.81. The minimum Gasteiger partial charge on any atom is -0.336 e. The molecule has 0 saturated carbocycles. The third-order valence-electron chi connectivity index (χ3n) is 4.28. The van der Waals surface area contributed by atoms with E-state index in [1.165, 1.54) is 21.1 Å². The van der Waals surface area contributed by atoms with E-state index in [0.29, 0.717) is 27.6 Å². The zero-order chi connectivity index (χ0) is 22.7. The van der Waals surface area contributed by atoms with Gasteiger partial charge in [-0.15, -0.1) is 10.2 Å². The van der Waals surface area contributed by atoms with Gasteiger partial charge in [-0.25, -0.2) is 19.4 Å². The van der Waals surface area contributed by atoms with Crippen LogP contribution < -0.4 is 16.2 Å². The number of rotatable bonds is 8. The minimum absolute atomic E-state index is 0.0713. The Kier molecular flexibility index (Phi) is 6.37. The quantitative estimate of drug-likeness (QED) is 0.126. The van der Waals surface area contributed by atoms with Gasteiger partial charge in [0.25, 0.3) is 0 Å². The molecule has 0 radical (unpaired) electrons. The molecule has 0 aliphatic carbocycles. The Morgan fingerprint density at radius 1 is 1.16 bits per heavy atom. The number of aromatic nitrogens is 7. The first-order chi connectivity index (χ1) is 15.4. The number of hydrogen-bond donors (Lipinski definition) is 2. The topological polar surface area (TPSA) is 149 Å². The molecule has 32 heavy (non-hydrogen) atoms. The number of Topliss-reactive ketones (excluding diaryl/α,β-unsaturated/α-hetero) is 1. The number of carbonyl (C=O) groups is 1. The Morgan fingerprint density at radius 3 is 2.59 bits per heavy atom. The number of H-pyrrole nitrogens is 1. The number of aryl methyl sites for hydroxylation is 2. The zero-order valence-electron chi connectivity index (χ0n) is 17.2. The lowest BCUT2D eigenvalue weighted by molar-refractivity contribution is -0.672. The lowest BCUT2D eigenvalue weighted by Crippen LogP contribution is -2.41. The molecule has 4 aromatic rings. The van der Waals surface area contributed by atoms with Gasteiger partial charge in [-0.1, -0.05) is 41.7 Å². The van der Waals surface area contributed by atoms with Crippen molar-refractivity contribution in [2.75, 3.05) is 11.6 Å². The van der Waals surface area contributed by atoms with Crippen LogP contribution in [0.25, 0.3) is 5.69 Å². The predicted molar refractivity (Wildman–Crippen MR) is 117 cm³/mol. The van der Waals surface area contributed by atoms with Gasteiger partial charge >= 0.3 is 11.3 Å². The van der Waals surface area contributed by atoms with Crippen molar-refractivity contribution < 1.29 is 14.0 Å². The summed E-state index contributed by atoms with van der Waals surface area (Å²) in [5.41, 5.74) is 1.49. The van der Waals surface area contributed by atoms with E-state index in [1.807, 2.05) is 26.0 Å². The molecule has 4 rings (SSSR count). The van der Waals surface area contributed by atoms with E-state index < -0.39 is 11.4 Å². The normalized spacial score (nSPS) is 11.1. The summed E-state index contributed by atoms with van der Waals surface area (Å²) in [5.74, 6) is 6.51. The Hall–Kier alpha value is -3.45. The molecule has 0 spiro atoms. The van der Waals surface area contributed by atoms with E-state index in [0.717, 1.165) is 23.1 Å². The van der Waals surface area contributed by atoms with Crippen LogP contribution in [0.1, 0.15) is 27.7 Å². The van der Waals surface area contributed by atoms with Gasteiger partial charge in [0.05, 0.1) is 11.5 Å². The molecule has 3 heterocycles. The molecule has 0 aliphatic heterocycles. The number of nitrogens with one attached hydrogen (secondary N) is 1. The van der Waals surface area contributed by atoms with Crippen LogP contribution in [-0.2, 0) is 5.75 Å². The molecule has 13 heteroatoms. The largest absolute Gasteiger partial charge is 0.438 e. The van der Waals surface area contributed by atoms with Gasteiger partial charge in [0, 0.05) is 23.5 Å². The van der Waals surface area contributed by atoms with Gasteiger partial charge < -0.3 is 5.84 Å². The van der Waals surface area contributed by atoms with Gasteiger partial charge in [-0.3, -0.25) is 9.32 Å². The Bertz CT molecular complexity index is 1300. The summed E-state index contributed by atoms with van der Waals surface area (Å²) < 4.78 is 7.45. The van der Waals surface area contributed by atoms with Crippen LogP contribution in [0.3, 0.4) is 0 Å². The molecular weight excluding hydrogens is 452 g/mol. The molecule has 3 N–H and O–H groups in total. The second kappa shape index (κ2) is 9.36. The number of ketones is 1. The third-order valence-corrected chi connectivity index (χ3v) is 6.07. The smallest absolute Gasteiger partial charge is 0.336 e. The van der Waals surface area contributed by atoms with Crippen molar-refractivity contribution in [3.05, 3.63) is 69.7 Å². The highest BCUT2D eigenvalue weighted by Gasteiger charge is 2.30. The lowest BCUT2D eigenvalue weighted by atomic mass is 10.3. The van der Waals surface area contributed by atoms with Gasteiger partial charge in [0.1, 0.15) is 0 Å². The van der Waals surface area contributed by atoms with Crippen LogP contribution in [0.2, 0.25) is 0 Å². The fourth-order valence-electron chi connectivity index (χ4n) is 2.86. The van der Waals surface area contributed by atoms with E-state index in [1.54, 1.807) is 24.3 Å². The molecule has 0 unspecified atom stereocenters. The van der Waals surface area contributed by atoms with Crippen molar-refractivity contribution >= 4 is 29.3 Å². The van der Waals surface area contributed by atoms with Crippen LogP contribution >= 0.6 is 23.5 Å². The number of thioether (sulfide) groups is 2. The van der Waals surface area contributed by atoms with Crippen LogP contribution in [-0.4, -0.2) is 41.6 Å². The number of nitrogens with two attached hydrogens (primary N) is 1. The lowest BCUT2D eigenvalue weighted by Gasteiger charge is -2.04. The SMILES string of the molecule is Cc1cc(C)nc(SCc2nnc(SCC(=O)c3c(=O)o[nH][n+]3-c3ccccc3)n2N)n1. The van der Waals surface area contributed by atoms with Crippen molar-refractivity contribution in [3.63, 3.8) is 0 Å². The number of para-hydroxylation sites is 1. The minimum atomic E-state index is -0.751. The van der Waals surface area contributed by atoms with E-state index in [4.69, 9.17) is 10.4 Å². The maximum atomic E-state index is 12.7. The van der Waals surface area contributed by atoms with Crippen molar-refractivity contribution in [2.24, 2.45) is 0 Å². The first-order valence-corrected chi connectivity index (χ1v) is 11.4. The zero-order valence-corrected chi connectivity index (χ0v) is 18.8. The van der Waals surface area contributed by atoms with Gasteiger partial charge in [-0.2, -0.15) is 0 Å². The number of hydrogen-bond acceptors (Lipinski definition) is 10. The third kappa shape index (κ3) is 4.73. The standard InChI is InChI=1S/C19H18N8O3S2/c1-11-8-12(2)22-18(21-11)31-10-15-23-24-19(26(15)20)32-9-14(28)16-17(29)30-25-27(16)13-6-4-3-5-7-13/h3-8H,9-10,20H2,1-2H3/p+1. The summed E-state index contributed by atoms with van der Waals surface area (Å²) >= 11 is 2.47. The van der Waals surface area contributed by atoms with Crippen molar-refractivity contribution in [3.8, 4) is 5.69 Å². The molecule has 0 saturated heterocycles. The Labute approximate surface area is 190 Å². The average Bonchev–Trinajstić information content (AvgIpc) is 3.33. The van der Waals surface area contributed by atoms with Crippen LogP contribution in [0.4, 0.5) is 0 Å². The van der Waals surface area contributed by atoms with Crippen molar-refractivity contribution in [1.29, 1.82) is 0 Å². The number of benzene rings is 1. The highest BCUT2D eigenvalue weighted by Crippen LogP contribution is 2.21. The second-order valence-electron chi connectivity index (χ2n) is 6.70. The summed E-state index contributed by atoms with van der Waals surface area (Å²) in [5, 5.41) is 11.6. The molecule has 164 valence electrons. The summed E-state index contributed by atoms with van der Waals surface area (Å²) in [4.78, 5) is 33.6. The second-order valence-corrected chi connectivity index (χ2v) is 8.59. The molecule has 3 aromatic heterocycles. The van der Waals surface area contributed by atoms with Crippen LogP contribution in [0.15, 0.2) is 56.0 Å². The van der Waals surface area contributed by atoms with E-state index in [9.17, 15) is 9.59 Å². The highest BCUT2D eigenvalue weighted by molar-refractivity contribution is 7.99.